The summed E-state index contributed by atoms with van der Waals surface area (Å²) in [5.41, 5.74) is 1.71. The summed E-state index contributed by atoms with van der Waals surface area (Å²) in [6.07, 6.45) is 2.17. The number of amides is 1. The predicted molar refractivity (Wildman–Crippen MR) is 93.0 cm³/mol. The van der Waals surface area contributed by atoms with Gasteiger partial charge in [-0.2, -0.15) is 0 Å². The lowest BCUT2D eigenvalue weighted by Gasteiger charge is -2.19. The zero-order valence-electron chi connectivity index (χ0n) is 13.8. The summed E-state index contributed by atoms with van der Waals surface area (Å²) in [7, 11) is 0. The Labute approximate surface area is 141 Å². The zero-order chi connectivity index (χ0) is 16.9. The van der Waals surface area contributed by atoms with Gasteiger partial charge in [0.25, 0.3) is 0 Å². The molecule has 1 aromatic heterocycles. The Morgan fingerprint density at radius 2 is 1.88 bits per heavy atom. The van der Waals surface area contributed by atoms with Gasteiger partial charge in [0.1, 0.15) is 19.0 Å². The van der Waals surface area contributed by atoms with Gasteiger partial charge in [-0.25, -0.2) is 4.98 Å². The molecule has 0 atom stereocenters. The van der Waals surface area contributed by atoms with Gasteiger partial charge in [0.05, 0.1) is 11.9 Å². The van der Waals surface area contributed by atoms with E-state index < -0.39 is 0 Å². The fourth-order valence-corrected chi connectivity index (χ4v) is 2.39. The topological polar surface area (TPSA) is 72.5 Å². The van der Waals surface area contributed by atoms with Crippen LogP contribution in [-0.2, 0) is 4.79 Å². The quantitative estimate of drug-likeness (QED) is 0.878. The van der Waals surface area contributed by atoms with Gasteiger partial charge in [-0.15, -0.1) is 0 Å². The lowest BCUT2D eigenvalue weighted by atomic mass is 10.1. The van der Waals surface area contributed by atoms with Gasteiger partial charge in [0, 0.05) is 18.2 Å². The molecule has 0 spiro atoms. The summed E-state index contributed by atoms with van der Waals surface area (Å²) >= 11 is 0. The fourth-order valence-electron chi connectivity index (χ4n) is 2.39. The Hall–Kier alpha value is -2.76. The van der Waals surface area contributed by atoms with Crippen molar-refractivity contribution >= 4 is 23.1 Å². The van der Waals surface area contributed by atoms with E-state index in [1.54, 1.807) is 12.3 Å². The number of rotatable bonds is 5. The van der Waals surface area contributed by atoms with E-state index in [-0.39, 0.29) is 5.91 Å². The molecule has 1 aliphatic heterocycles. The molecular formula is C18H21N3O3. The fraction of sp³-hybridized carbons (Fsp3) is 0.333. The first-order valence-electron chi connectivity index (χ1n) is 8.03. The van der Waals surface area contributed by atoms with Gasteiger partial charge in [-0.1, -0.05) is 13.8 Å². The van der Waals surface area contributed by atoms with Gasteiger partial charge < -0.3 is 20.1 Å². The second-order valence-corrected chi connectivity index (χ2v) is 6.06. The molecule has 0 saturated heterocycles. The number of pyridine rings is 1. The van der Waals surface area contributed by atoms with Crippen LogP contribution in [0.25, 0.3) is 0 Å². The first kappa shape index (κ1) is 16.1. The first-order valence-corrected chi connectivity index (χ1v) is 8.03. The molecule has 6 nitrogen and oxygen atoms in total. The SMILES string of the molecule is CC(C)CC(=O)Nc1ccc(Nc2ccc3c(c2)OCCO3)cn1. The van der Waals surface area contributed by atoms with E-state index in [0.29, 0.717) is 31.4 Å². The highest BCUT2D eigenvalue weighted by Gasteiger charge is 2.12. The average molecular weight is 327 g/mol. The summed E-state index contributed by atoms with van der Waals surface area (Å²) in [5.74, 6) is 2.34. The minimum Gasteiger partial charge on any atom is -0.486 e. The van der Waals surface area contributed by atoms with Crippen LogP contribution in [0.1, 0.15) is 20.3 Å². The van der Waals surface area contributed by atoms with Crippen molar-refractivity contribution in [2.45, 2.75) is 20.3 Å². The molecule has 0 unspecified atom stereocenters. The van der Waals surface area contributed by atoms with Crippen molar-refractivity contribution in [3.8, 4) is 11.5 Å². The van der Waals surface area contributed by atoms with Gasteiger partial charge in [0.2, 0.25) is 5.91 Å². The van der Waals surface area contributed by atoms with E-state index in [1.807, 2.05) is 38.1 Å². The molecule has 2 N–H and O–H groups in total. The molecule has 6 heteroatoms. The van der Waals surface area contributed by atoms with E-state index in [1.165, 1.54) is 0 Å². The number of aromatic nitrogens is 1. The number of hydrogen-bond acceptors (Lipinski definition) is 5. The molecule has 3 rings (SSSR count). The van der Waals surface area contributed by atoms with E-state index in [0.717, 1.165) is 22.9 Å². The highest BCUT2D eigenvalue weighted by atomic mass is 16.6. The molecule has 0 bridgehead atoms. The summed E-state index contributed by atoms with van der Waals surface area (Å²) in [5, 5.41) is 6.05. The Morgan fingerprint density at radius 1 is 1.12 bits per heavy atom. The Bertz CT molecular complexity index is 714. The van der Waals surface area contributed by atoms with Crippen LogP contribution in [-0.4, -0.2) is 24.1 Å². The van der Waals surface area contributed by atoms with Gasteiger partial charge in [0.15, 0.2) is 11.5 Å². The minimum atomic E-state index is -0.0231. The number of fused-ring (bicyclic) bond motifs is 1. The molecule has 24 heavy (non-hydrogen) atoms. The van der Waals surface area contributed by atoms with E-state index in [9.17, 15) is 4.79 Å². The van der Waals surface area contributed by atoms with Crippen molar-refractivity contribution in [1.29, 1.82) is 0 Å². The van der Waals surface area contributed by atoms with Crippen LogP contribution < -0.4 is 20.1 Å². The van der Waals surface area contributed by atoms with Crippen LogP contribution in [0, 0.1) is 5.92 Å². The molecule has 0 saturated carbocycles. The number of nitrogens with zero attached hydrogens (tertiary/aromatic N) is 1. The summed E-state index contributed by atoms with van der Waals surface area (Å²) in [6.45, 7) is 5.15. The third kappa shape index (κ3) is 4.16. The normalized spacial score (nSPS) is 12.8. The number of hydrogen-bond donors (Lipinski definition) is 2. The van der Waals surface area contributed by atoms with Crippen LogP contribution in [0.4, 0.5) is 17.2 Å². The Morgan fingerprint density at radius 3 is 2.58 bits per heavy atom. The lowest BCUT2D eigenvalue weighted by molar-refractivity contribution is -0.116. The standard InChI is InChI=1S/C18H21N3O3/c1-12(2)9-18(22)21-17-6-4-14(11-19-17)20-13-3-5-15-16(10-13)24-8-7-23-15/h3-6,10-12,20H,7-9H2,1-2H3,(H,19,21,22). The van der Waals surface area contributed by atoms with Crippen LogP contribution in [0.5, 0.6) is 11.5 Å². The highest BCUT2D eigenvalue weighted by molar-refractivity contribution is 5.89. The van der Waals surface area contributed by atoms with Crippen molar-refractivity contribution in [3.05, 3.63) is 36.5 Å². The number of benzene rings is 1. The smallest absolute Gasteiger partial charge is 0.225 e. The van der Waals surface area contributed by atoms with Crippen molar-refractivity contribution in [3.63, 3.8) is 0 Å². The lowest BCUT2D eigenvalue weighted by Crippen LogP contribution is -2.15. The third-order valence-electron chi connectivity index (χ3n) is 3.46. The second kappa shape index (κ2) is 7.21. The van der Waals surface area contributed by atoms with E-state index in [2.05, 4.69) is 15.6 Å². The molecule has 126 valence electrons. The second-order valence-electron chi connectivity index (χ2n) is 6.06. The third-order valence-corrected chi connectivity index (χ3v) is 3.46. The number of ether oxygens (including phenoxy) is 2. The Balaban J connectivity index is 1.63. The summed E-state index contributed by atoms with van der Waals surface area (Å²) in [4.78, 5) is 16.0. The summed E-state index contributed by atoms with van der Waals surface area (Å²) < 4.78 is 11.1. The van der Waals surface area contributed by atoms with Crippen molar-refractivity contribution in [2.24, 2.45) is 5.92 Å². The molecule has 0 aliphatic carbocycles. The molecule has 2 aromatic rings. The number of anilines is 3. The van der Waals surface area contributed by atoms with Crippen molar-refractivity contribution in [1.82, 2.24) is 4.98 Å². The largest absolute Gasteiger partial charge is 0.486 e. The molecule has 1 aliphatic rings. The van der Waals surface area contributed by atoms with Crippen molar-refractivity contribution < 1.29 is 14.3 Å². The molecular weight excluding hydrogens is 306 g/mol. The van der Waals surface area contributed by atoms with Crippen LogP contribution in [0.2, 0.25) is 0 Å². The molecule has 0 fully saturated rings. The van der Waals surface area contributed by atoms with Crippen molar-refractivity contribution in [2.75, 3.05) is 23.8 Å². The van der Waals surface area contributed by atoms with E-state index >= 15 is 0 Å². The maximum Gasteiger partial charge on any atom is 0.225 e. The van der Waals surface area contributed by atoms with E-state index in [4.69, 9.17) is 9.47 Å². The molecule has 1 amide bonds. The highest BCUT2D eigenvalue weighted by Crippen LogP contribution is 2.33. The first-order chi connectivity index (χ1) is 11.6. The van der Waals surface area contributed by atoms with Crippen LogP contribution >= 0.6 is 0 Å². The number of nitrogens with one attached hydrogen (secondary N) is 2. The monoisotopic (exact) mass is 327 g/mol. The maximum atomic E-state index is 11.7. The minimum absolute atomic E-state index is 0.0231. The maximum absolute atomic E-state index is 11.7. The van der Waals surface area contributed by atoms with Crippen LogP contribution in [0.15, 0.2) is 36.5 Å². The van der Waals surface area contributed by atoms with Gasteiger partial charge >= 0.3 is 0 Å². The number of carbonyl (C=O) groups is 1. The van der Waals surface area contributed by atoms with Gasteiger partial charge in [-0.05, 0) is 30.2 Å². The molecule has 0 radical (unpaired) electrons. The predicted octanol–water partition coefficient (Wildman–Crippen LogP) is 3.58. The Kier molecular flexibility index (Phi) is 4.84. The molecule has 2 heterocycles. The number of carbonyl (C=O) groups excluding carboxylic acids is 1. The molecule has 1 aromatic carbocycles. The summed E-state index contributed by atoms with van der Waals surface area (Å²) in [6, 6.07) is 9.34. The zero-order valence-corrected chi connectivity index (χ0v) is 13.8. The van der Waals surface area contributed by atoms with Crippen LogP contribution in [0.3, 0.4) is 0 Å². The average Bonchev–Trinajstić information content (AvgIpc) is 2.56. The van der Waals surface area contributed by atoms with Gasteiger partial charge in [-0.3, -0.25) is 4.79 Å².